The summed E-state index contributed by atoms with van der Waals surface area (Å²) in [5, 5.41) is 8.67. The van der Waals surface area contributed by atoms with E-state index in [0.29, 0.717) is 0 Å². The predicted octanol–water partition coefficient (Wildman–Crippen LogP) is 2.35. The zero-order valence-electron chi connectivity index (χ0n) is 9.62. The summed E-state index contributed by atoms with van der Waals surface area (Å²) in [7, 11) is 1.18. The van der Waals surface area contributed by atoms with E-state index in [0.717, 1.165) is 6.07 Å². The van der Waals surface area contributed by atoms with Gasteiger partial charge in [-0.1, -0.05) is 0 Å². The molecule has 0 aliphatic rings. The molecule has 0 spiro atoms. The molecule has 0 bridgehead atoms. The number of carbonyl (C=O) groups is 1. The van der Waals surface area contributed by atoms with Gasteiger partial charge in [-0.15, -0.1) is 24.8 Å². The van der Waals surface area contributed by atoms with Crippen molar-refractivity contribution < 1.29 is 32.5 Å². The van der Waals surface area contributed by atoms with Crippen LogP contribution in [0.3, 0.4) is 0 Å². The average molecular weight is 300 g/mol. The number of nitrogens with zero attached hydrogens (tertiary/aromatic N) is 1. The molecule has 1 N–H and O–H groups in total. The molecule has 0 fully saturated rings. The second-order valence-corrected chi connectivity index (χ2v) is 3.60. The maximum Gasteiger partial charge on any atom is 0.573 e. The van der Waals surface area contributed by atoms with E-state index in [2.05, 4.69) is 9.72 Å². The highest BCUT2D eigenvalue weighted by molar-refractivity contribution is 6.17. The van der Waals surface area contributed by atoms with Gasteiger partial charge in [-0.3, -0.25) is 4.79 Å². The van der Waals surface area contributed by atoms with Crippen LogP contribution in [0.25, 0.3) is 0 Å². The van der Waals surface area contributed by atoms with Gasteiger partial charge in [0.1, 0.15) is 5.75 Å². The highest BCUT2D eigenvalue weighted by Crippen LogP contribution is 2.31. The van der Waals surface area contributed by atoms with E-state index >= 15 is 0 Å². The van der Waals surface area contributed by atoms with Gasteiger partial charge in [0.25, 0.3) is 0 Å². The summed E-state index contributed by atoms with van der Waals surface area (Å²) in [6.45, 7) is 0. The smallest absolute Gasteiger partial charge is 0.495 e. The summed E-state index contributed by atoms with van der Waals surface area (Å²) in [6, 6.07) is 0.913. The van der Waals surface area contributed by atoms with E-state index in [1.807, 2.05) is 0 Å². The topological polar surface area (TPSA) is 68.7 Å². The number of methoxy groups -OCH3 is 1. The molecule has 0 aliphatic carbocycles. The third kappa shape index (κ3) is 4.47. The van der Waals surface area contributed by atoms with E-state index in [1.165, 1.54) is 7.11 Å². The maximum atomic E-state index is 12.2. The van der Waals surface area contributed by atoms with Crippen molar-refractivity contribution in [3.05, 3.63) is 17.5 Å². The molecule has 0 radical (unpaired) electrons. The molecule has 0 atom stereocenters. The van der Waals surface area contributed by atoms with Crippen molar-refractivity contribution in [3.8, 4) is 11.5 Å². The van der Waals surface area contributed by atoms with Crippen LogP contribution in [0.5, 0.6) is 11.5 Å². The SMILES string of the molecule is COc1cc(OC(F)(F)F)c(CCl)nc1CC(=O)O. The first-order chi connectivity index (χ1) is 8.76. The Labute approximate surface area is 110 Å². The Hall–Kier alpha value is -1.70. The van der Waals surface area contributed by atoms with Crippen LogP contribution in [-0.2, 0) is 17.1 Å². The summed E-state index contributed by atoms with van der Waals surface area (Å²) in [5.41, 5.74) is -0.240. The Balaban J connectivity index is 3.22. The van der Waals surface area contributed by atoms with E-state index in [1.54, 1.807) is 0 Å². The molecular formula is C10H9ClF3NO4. The Morgan fingerprint density at radius 1 is 1.42 bits per heavy atom. The van der Waals surface area contributed by atoms with Gasteiger partial charge in [0.2, 0.25) is 0 Å². The van der Waals surface area contributed by atoms with Gasteiger partial charge in [-0.05, 0) is 0 Å². The van der Waals surface area contributed by atoms with E-state index in [9.17, 15) is 18.0 Å². The third-order valence-corrected chi connectivity index (χ3v) is 2.24. The van der Waals surface area contributed by atoms with Crippen LogP contribution in [0.1, 0.15) is 11.4 Å². The Kier molecular flexibility index (Phi) is 4.82. The summed E-state index contributed by atoms with van der Waals surface area (Å²) in [4.78, 5) is 14.3. The quantitative estimate of drug-likeness (QED) is 0.845. The lowest BCUT2D eigenvalue weighted by Crippen LogP contribution is -2.19. The van der Waals surface area contributed by atoms with Crippen LogP contribution in [0, 0.1) is 0 Å². The molecular weight excluding hydrogens is 291 g/mol. The monoisotopic (exact) mass is 299 g/mol. The van der Waals surface area contributed by atoms with Crippen LogP contribution in [-0.4, -0.2) is 29.5 Å². The van der Waals surface area contributed by atoms with E-state index in [4.69, 9.17) is 21.4 Å². The number of aromatic nitrogens is 1. The Bertz CT molecular complexity index is 479. The van der Waals surface area contributed by atoms with Gasteiger partial charge >= 0.3 is 12.3 Å². The number of pyridine rings is 1. The molecule has 1 heterocycles. The first-order valence-electron chi connectivity index (χ1n) is 4.87. The van der Waals surface area contributed by atoms with Crippen molar-refractivity contribution in [2.45, 2.75) is 18.7 Å². The molecule has 0 saturated carbocycles. The second kappa shape index (κ2) is 5.96. The first kappa shape index (κ1) is 15.4. The molecule has 0 unspecified atom stereocenters. The number of halogens is 4. The molecule has 1 aromatic heterocycles. The number of carboxylic acids is 1. The molecule has 0 saturated heterocycles. The first-order valence-corrected chi connectivity index (χ1v) is 5.40. The molecule has 0 aromatic carbocycles. The second-order valence-electron chi connectivity index (χ2n) is 3.33. The average Bonchev–Trinajstić information content (AvgIpc) is 2.27. The van der Waals surface area contributed by atoms with E-state index in [-0.39, 0.29) is 23.0 Å². The summed E-state index contributed by atoms with van der Waals surface area (Å²) >= 11 is 5.47. The molecule has 1 aromatic rings. The van der Waals surface area contributed by atoms with E-state index < -0.39 is 24.5 Å². The van der Waals surface area contributed by atoms with Crippen LogP contribution < -0.4 is 9.47 Å². The predicted molar refractivity (Wildman–Crippen MR) is 58.4 cm³/mol. The van der Waals surface area contributed by atoms with Crippen LogP contribution in [0.2, 0.25) is 0 Å². The molecule has 5 nitrogen and oxygen atoms in total. The minimum atomic E-state index is -4.90. The van der Waals surface area contributed by atoms with Crippen LogP contribution in [0.15, 0.2) is 6.07 Å². The summed E-state index contributed by atoms with van der Waals surface area (Å²) in [5.74, 6) is -2.29. The maximum absolute atomic E-state index is 12.2. The number of hydrogen-bond donors (Lipinski definition) is 1. The van der Waals surface area contributed by atoms with Crippen LogP contribution in [0.4, 0.5) is 13.2 Å². The minimum absolute atomic E-state index is 0.0276. The van der Waals surface area contributed by atoms with Gasteiger partial charge in [0.05, 0.1) is 30.8 Å². The number of alkyl halides is 4. The Morgan fingerprint density at radius 3 is 2.47 bits per heavy atom. The van der Waals surface area contributed by atoms with Gasteiger partial charge in [0.15, 0.2) is 5.75 Å². The van der Waals surface area contributed by atoms with Crippen molar-refractivity contribution in [1.29, 1.82) is 0 Å². The molecule has 9 heteroatoms. The number of ether oxygens (including phenoxy) is 2. The fourth-order valence-electron chi connectivity index (χ4n) is 1.31. The fourth-order valence-corrected chi connectivity index (χ4v) is 1.51. The van der Waals surface area contributed by atoms with Gasteiger partial charge in [-0.25, -0.2) is 4.98 Å². The summed E-state index contributed by atoms with van der Waals surface area (Å²) in [6.07, 6.45) is -5.40. The lowest BCUT2D eigenvalue weighted by Gasteiger charge is -2.14. The Morgan fingerprint density at radius 2 is 2.05 bits per heavy atom. The highest BCUT2D eigenvalue weighted by atomic mass is 35.5. The number of aliphatic carboxylic acids is 1. The van der Waals surface area contributed by atoms with Gasteiger partial charge in [-0.2, -0.15) is 0 Å². The zero-order chi connectivity index (χ0) is 14.6. The molecule has 19 heavy (non-hydrogen) atoms. The molecule has 0 amide bonds. The largest absolute Gasteiger partial charge is 0.573 e. The van der Waals surface area contributed by atoms with Crippen molar-refractivity contribution in [2.75, 3.05) is 7.11 Å². The molecule has 1 rings (SSSR count). The normalized spacial score (nSPS) is 11.2. The standard InChI is InChI=1S/C10H9ClF3NO4/c1-18-7-3-8(19-10(12,13)14)6(4-11)15-5(7)2-9(16)17/h3H,2,4H2,1H3,(H,16,17). The van der Waals surface area contributed by atoms with Gasteiger partial charge in [0, 0.05) is 6.07 Å². The number of hydrogen-bond acceptors (Lipinski definition) is 4. The van der Waals surface area contributed by atoms with Crippen molar-refractivity contribution in [1.82, 2.24) is 4.98 Å². The van der Waals surface area contributed by atoms with Crippen molar-refractivity contribution in [2.24, 2.45) is 0 Å². The highest BCUT2D eigenvalue weighted by Gasteiger charge is 2.33. The zero-order valence-corrected chi connectivity index (χ0v) is 10.4. The van der Waals surface area contributed by atoms with Crippen LogP contribution >= 0.6 is 11.6 Å². The third-order valence-electron chi connectivity index (χ3n) is 1.99. The molecule has 0 aliphatic heterocycles. The fraction of sp³-hybridized carbons (Fsp3) is 0.400. The lowest BCUT2D eigenvalue weighted by atomic mass is 10.2. The number of carboxylic acid groups (broad SMARTS) is 1. The molecule has 106 valence electrons. The van der Waals surface area contributed by atoms with Crippen molar-refractivity contribution >= 4 is 17.6 Å². The number of rotatable bonds is 5. The summed E-state index contributed by atoms with van der Waals surface area (Å²) < 4.78 is 45.1. The van der Waals surface area contributed by atoms with Crippen molar-refractivity contribution in [3.63, 3.8) is 0 Å². The lowest BCUT2D eigenvalue weighted by molar-refractivity contribution is -0.275. The minimum Gasteiger partial charge on any atom is -0.495 e. The van der Waals surface area contributed by atoms with Gasteiger partial charge < -0.3 is 14.6 Å².